The number of nitrogens with zero attached hydrogens (tertiary/aromatic N) is 4. The van der Waals surface area contributed by atoms with E-state index >= 15 is 0 Å². The van der Waals surface area contributed by atoms with E-state index < -0.39 is 0 Å². The van der Waals surface area contributed by atoms with E-state index in [4.69, 9.17) is 0 Å². The van der Waals surface area contributed by atoms with Crippen molar-refractivity contribution >= 4 is 5.91 Å². The summed E-state index contributed by atoms with van der Waals surface area (Å²) in [7, 11) is 2.05. The number of likely N-dealkylation sites (tertiary alicyclic amines) is 1. The number of amides is 1. The van der Waals surface area contributed by atoms with Crippen molar-refractivity contribution in [2.45, 2.75) is 31.8 Å². The van der Waals surface area contributed by atoms with E-state index in [0.29, 0.717) is 23.6 Å². The molecule has 1 spiro atoms. The highest BCUT2D eigenvalue weighted by Crippen LogP contribution is 2.41. The molecule has 0 unspecified atom stereocenters. The van der Waals surface area contributed by atoms with Crippen molar-refractivity contribution < 1.29 is 4.79 Å². The highest BCUT2D eigenvalue weighted by molar-refractivity contribution is 5.82. The number of piperidine rings is 1. The fraction of sp³-hybridized carbons (Fsp3) is 0.556. The molecule has 2 aromatic rings. The number of H-pyrrole nitrogens is 1. The Bertz CT molecular complexity index is 754. The van der Waals surface area contributed by atoms with Crippen molar-refractivity contribution in [3.05, 3.63) is 30.4 Å². The Morgan fingerprint density at radius 2 is 2.12 bits per heavy atom. The lowest BCUT2D eigenvalue weighted by atomic mass is 9.77. The Morgan fingerprint density at radius 3 is 2.88 bits per heavy atom. The van der Waals surface area contributed by atoms with E-state index in [1.807, 2.05) is 12.1 Å². The van der Waals surface area contributed by atoms with Crippen LogP contribution in [0.4, 0.5) is 0 Å². The van der Waals surface area contributed by atoms with Gasteiger partial charge in [-0.25, -0.2) is 4.98 Å². The van der Waals surface area contributed by atoms with Gasteiger partial charge in [0.25, 0.3) is 0 Å². The van der Waals surface area contributed by atoms with E-state index in [-0.39, 0.29) is 11.9 Å². The third-order valence-electron chi connectivity index (χ3n) is 5.61. The first kappa shape index (κ1) is 17.1. The van der Waals surface area contributed by atoms with Gasteiger partial charge in [-0.2, -0.15) is 5.10 Å². The predicted molar refractivity (Wildman–Crippen MR) is 97.0 cm³/mol. The Labute approximate surface area is 152 Å². The van der Waals surface area contributed by atoms with E-state index in [1.165, 1.54) is 0 Å². The molecule has 2 aromatic heterocycles. The minimum atomic E-state index is -0.0595. The zero-order valence-electron chi connectivity index (χ0n) is 15.0. The lowest BCUT2D eigenvalue weighted by Gasteiger charge is -2.33. The van der Waals surface area contributed by atoms with Gasteiger partial charge < -0.3 is 10.6 Å². The van der Waals surface area contributed by atoms with Crippen LogP contribution in [-0.2, 0) is 11.3 Å². The van der Waals surface area contributed by atoms with Crippen LogP contribution in [-0.4, -0.2) is 63.7 Å². The van der Waals surface area contributed by atoms with Crippen LogP contribution in [0.3, 0.4) is 0 Å². The number of aromatic amines is 1. The van der Waals surface area contributed by atoms with Crippen LogP contribution in [0.25, 0.3) is 11.4 Å². The fourth-order valence-corrected chi connectivity index (χ4v) is 4.18. The summed E-state index contributed by atoms with van der Waals surface area (Å²) in [6.45, 7) is 3.47. The number of pyridine rings is 1. The van der Waals surface area contributed by atoms with Crippen molar-refractivity contribution in [2.75, 3.05) is 26.7 Å². The molecule has 2 fully saturated rings. The molecule has 4 heterocycles. The molecule has 0 aliphatic carbocycles. The minimum Gasteiger partial charge on any atom is -0.347 e. The van der Waals surface area contributed by atoms with E-state index in [2.05, 4.69) is 42.7 Å². The van der Waals surface area contributed by atoms with Crippen LogP contribution < -0.4 is 10.6 Å². The summed E-state index contributed by atoms with van der Waals surface area (Å²) >= 11 is 0. The van der Waals surface area contributed by atoms with Crippen molar-refractivity contribution in [3.63, 3.8) is 0 Å². The van der Waals surface area contributed by atoms with Gasteiger partial charge in [0.15, 0.2) is 5.82 Å². The molecule has 26 heavy (non-hydrogen) atoms. The minimum absolute atomic E-state index is 0.0595. The summed E-state index contributed by atoms with van der Waals surface area (Å²) in [4.78, 5) is 23.3. The SMILES string of the molecule is CN1CC2(CCNCC2)C[C@@H]1C(=O)NCc1nc(-c2ccncc2)n[nH]1. The van der Waals surface area contributed by atoms with Gasteiger partial charge in [-0.1, -0.05) is 0 Å². The van der Waals surface area contributed by atoms with Gasteiger partial charge in [-0.15, -0.1) is 0 Å². The van der Waals surface area contributed by atoms with Crippen molar-refractivity contribution in [2.24, 2.45) is 5.41 Å². The van der Waals surface area contributed by atoms with E-state index in [9.17, 15) is 4.79 Å². The zero-order chi connectivity index (χ0) is 18.0. The summed E-state index contributed by atoms with van der Waals surface area (Å²) in [6, 6.07) is 3.66. The highest BCUT2D eigenvalue weighted by Gasteiger charge is 2.45. The molecule has 1 amide bonds. The Balaban J connectivity index is 1.35. The summed E-state index contributed by atoms with van der Waals surface area (Å²) in [6.07, 6.45) is 6.66. The Kier molecular flexibility index (Phi) is 4.69. The lowest BCUT2D eigenvalue weighted by molar-refractivity contribution is -0.125. The molecule has 4 rings (SSSR count). The number of carbonyl (C=O) groups is 1. The molecule has 8 heteroatoms. The average molecular weight is 355 g/mol. The molecule has 1 atom stereocenters. The second-order valence-electron chi connectivity index (χ2n) is 7.44. The maximum Gasteiger partial charge on any atom is 0.237 e. The highest BCUT2D eigenvalue weighted by atomic mass is 16.2. The van der Waals surface area contributed by atoms with Crippen LogP contribution in [0.1, 0.15) is 25.1 Å². The quantitative estimate of drug-likeness (QED) is 0.741. The van der Waals surface area contributed by atoms with E-state index in [1.54, 1.807) is 12.4 Å². The van der Waals surface area contributed by atoms with Crippen LogP contribution in [0.5, 0.6) is 0 Å². The largest absolute Gasteiger partial charge is 0.347 e. The first-order chi connectivity index (χ1) is 12.7. The molecule has 0 radical (unpaired) electrons. The van der Waals surface area contributed by atoms with Gasteiger partial charge in [0, 0.05) is 24.5 Å². The smallest absolute Gasteiger partial charge is 0.237 e. The predicted octanol–water partition coefficient (Wildman–Crippen LogP) is 0.557. The number of hydrogen-bond donors (Lipinski definition) is 3. The molecule has 0 bridgehead atoms. The summed E-state index contributed by atoms with van der Waals surface area (Å²) in [5.41, 5.74) is 1.19. The molecule has 2 aliphatic heterocycles. The standard InChI is InChI=1S/C18H25N7O/c1-25-12-18(4-8-20-9-5-18)10-14(25)17(26)21-11-15-22-16(24-23-15)13-2-6-19-7-3-13/h2-3,6-7,14,20H,4-5,8-12H2,1H3,(H,21,26)(H,22,23,24)/t14-/m1/s1. The van der Waals surface area contributed by atoms with Gasteiger partial charge in [0.05, 0.1) is 12.6 Å². The van der Waals surface area contributed by atoms with Crippen molar-refractivity contribution in [3.8, 4) is 11.4 Å². The Hall–Kier alpha value is -2.32. The number of rotatable bonds is 4. The van der Waals surface area contributed by atoms with Gasteiger partial charge in [0.2, 0.25) is 5.91 Å². The zero-order valence-corrected chi connectivity index (χ0v) is 15.0. The number of hydrogen-bond acceptors (Lipinski definition) is 6. The fourth-order valence-electron chi connectivity index (χ4n) is 4.18. The van der Waals surface area contributed by atoms with Gasteiger partial charge in [0.1, 0.15) is 5.82 Å². The molecule has 138 valence electrons. The average Bonchev–Trinajstić information content (AvgIpc) is 3.26. The molecule has 0 saturated carbocycles. The normalized spacial score (nSPS) is 22.6. The number of carbonyl (C=O) groups excluding carboxylic acids is 1. The summed E-state index contributed by atoms with van der Waals surface area (Å²) in [5.74, 6) is 1.34. The maximum absolute atomic E-state index is 12.7. The summed E-state index contributed by atoms with van der Waals surface area (Å²) in [5, 5.41) is 13.5. The third kappa shape index (κ3) is 3.47. The topological polar surface area (TPSA) is 98.8 Å². The number of nitrogens with one attached hydrogen (secondary N) is 3. The molecule has 0 aromatic carbocycles. The molecule has 3 N–H and O–H groups in total. The van der Waals surface area contributed by atoms with Crippen molar-refractivity contribution in [1.82, 2.24) is 35.7 Å². The van der Waals surface area contributed by atoms with Crippen LogP contribution in [0.15, 0.2) is 24.5 Å². The van der Waals surface area contributed by atoms with Crippen LogP contribution >= 0.6 is 0 Å². The third-order valence-corrected chi connectivity index (χ3v) is 5.61. The van der Waals surface area contributed by atoms with Gasteiger partial charge in [-0.3, -0.25) is 19.8 Å². The molecular weight excluding hydrogens is 330 g/mol. The van der Waals surface area contributed by atoms with Crippen LogP contribution in [0.2, 0.25) is 0 Å². The molecule has 8 nitrogen and oxygen atoms in total. The maximum atomic E-state index is 12.7. The molecule has 2 aliphatic rings. The molecular formula is C18H25N7O. The second-order valence-corrected chi connectivity index (χ2v) is 7.44. The number of aromatic nitrogens is 4. The Morgan fingerprint density at radius 1 is 1.35 bits per heavy atom. The lowest BCUT2D eigenvalue weighted by Crippen LogP contribution is -2.41. The van der Waals surface area contributed by atoms with Gasteiger partial charge in [-0.05, 0) is 56.9 Å². The van der Waals surface area contributed by atoms with E-state index in [0.717, 1.165) is 44.5 Å². The second kappa shape index (κ2) is 7.13. The first-order valence-corrected chi connectivity index (χ1v) is 9.16. The number of likely N-dealkylation sites (N-methyl/N-ethyl adjacent to an activating group) is 1. The molecule has 2 saturated heterocycles. The summed E-state index contributed by atoms with van der Waals surface area (Å²) < 4.78 is 0. The van der Waals surface area contributed by atoms with Crippen molar-refractivity contribution in [1.29, 1.82) is 0 Å². The van der Waals surface area contributed by atoms with Crippen LogP contribution in [0, 0.1) is 5.41 Å². The monoisotopic (exact) mass is 355 g/mol. The van der Waals surface area contributed by atoms with Gasteiger partial charge >= 0.3 is 0 Å². The first-order valence-electron chi connectivity index (χ1n) is 9.16.